The minimum absolute atomic E-state index is 0.248. The molecule has 2 N–H and O–H groups in total. The number of aliphatic hydroxyl groups is 2. The van der Waals surface area contributed by atoms with Crippen LogP contribution >= 0.6 is 0 Å². The number of aliphatic hydroxyl groups excluding tert-OH is 1. The molecular formula is C20H30O4. The zero-order chi connectivity index (χ0) is 17.9. The molecule has 0 spiro atoms. The summed E-state index contributed by atoms with van der Waals surface area (Å²) in [6, 6.07) is 0. The lowest BCUT2D eigenvalue weighted by atomic mass is 9.81. The number of carbonyl (C=O) groups is 1. The number of fused-ring (bicyclic) bond motifs is 1. The van der Waals surface area contributed by atoms with Crippen molar-refractivity contribution in [3.05, 3.63) is 35.5 Å². The first-order valence-corrected chi connectivity index (χ1v) is 8.82. The van der Waals surface area contributed by atoms with Crippen LogP contribution in [0.4, 0.5) is 0 Å². The van der Waals surface area contributed by atoms with Gasteiger partial charge in [-0.2, -0.15) is 0 Å². The molecule has 0 radical (unpaired) electrons. The van der Waals surface area contributed by atoms with E-state index in [1.165, 1.54) is 11.1 Å². The second-order valence-electron chi connectivity index (χ2n) is 7.57. The molecule has 0 amide bonds. The molecule has 1 heterocycles. The number of allylic oxidation sites excluding steroid dienone is 3. The number of rotatable bonds is 0. The average Bonchev–Trinajstić information content (AvgIpc) is 2.73. The van der Waals surface area contributed by atoms with Gasteiger partial charge in [-0.3, -0.25) is 0 Å². The smallest absolute Gasteiger partial charge is 0.334 e. The molecule has 134 valence electrons. The van der Waals surface area contributed by atoms with Gasteiger partial charge in [0.25, 0.3) is 0 Å². The van der Waals surface area contributed by atoms with Crippen LogP contribution in [0, 0.1) is 5.92 Å². The zero-order valence-electron chi connectivity index (χ0n) is 15.0. The standard InChI is InChI=1S/C20H30O4/c1-13-7-5-8-14(2)11-17-16(15(3)19(22)24-17)12-18(21)20(4,23)10-6-9-13/h8-9,16-18,21,23H,3,5-7,10-12H2,1-2,4H3/b13-9-,14-8-. The summed E-state index contributed by atoms with van der Waals surface area (Å²) >= 11 is 0. The van der Waals surface area contributed by atoms with Crippen LogP contribution in [-0.4, -0.2) is 34.0 Å². The van der Waals surface area contributed by atoms with Gasteiger partial charge in [0.05, 0.1) is 11.7 Å². The highest BCUT2D eigenvalue weighted by molar-refractivity contribution is 5.90. The lowest BCUT2D eigenvalue weighted by molar-refractivity contribution is -0.139. The molecule has 4 atom stereocenters. The van der Waals surface area contributed by atoms with Gasteiger partial charge in [-0.15, -0.1) is 0 Å². The fourth-order valence-electron chi connectivity index (χ4n) is 3.47. The first-order chi connectivity index (χ1) is 11.2. The van der Waals surface area contributed by atoms with Gasteiger partial charge in [0.1, 0.15) is 6.10 Å². The first-order valence-electron chi connectivity index (χ1n) is 8.82. The Morgan fingerprint density at radius 2 is 1.92 bits per heavy atom. The predicted octanol–water partition coefficient (Wildman–Crippen LogP) is 3.44. The van der Waals surface area contributed by atoms with Gasteiger partial charge in [0, 0.05) is 17.9 Å². The number of ether oxygens (including phenoxy) is 1. The van der Waals surface area contributed by atoms with Gasteiger partial charge >= 0.3 is 5.97 Å². The fraction of sp³-hybridized carbons (Fsp3) is 0.650. The quantitative estimate of drug-likeness (QED) is 0.404. The molecule has 24 heavy (non-hydrogen) atoms. The molecule has 2 rings (SSSR count). The molecule has 4 nitrogen and oxygen atoms in total. The van der Waals surface area contributed by atoms with E-state index in [1.807, 2.05) is 6.92 Å². The molecule has 4 heteroatoms. The van der Waals surface area contributed by atoms with E-state index in [9.17, 15) is 15.0 Å². The third-order valence-electron chi connectivity index (χ3n) is 5.31. The molecular weight excluding hydrogens is 304 g/mol. The lowest BCUT2D eigenvalue weighted by Crippen LogP contribution is -2.41. The normalized spacial score (nSPS) is 40.6. The first kappa shape index (κ1) is 18.9. The Morgan fingerprint density at radius 3 is 2.62 bits per heavy atom. The maximum absolute atomic E-state index is 11.9. The summed E-state index contributed by atoms with van der Waals surface area (Å²) < 4.78 is 5.46. The second kappa shape index (κ2) is 7.66. The zero-order valence-corrected chi connectivity index (χ0v) is 15.0. The van der Waals surface area contributed by atoms with E-state index in [0.717, 1.165) is 19.3 Å². The van der Waals surface area contributed by atoms with Crippen molar-refractivity contribution in [2.45, 2.75) is 77.1 Å². The Bertz CT molecular complexity index is 556. The van der Waals surface area contributed by atoms with Crippen LogP contribution in [-0.2, 0) is 9.53 Å². The minimum atomic E-state index is -1.19. The largest absolute Gasteiger partial charge is 0.458 e. The third-order valence-corrected chi connectivity index (χ3v) is 5.31. The molecule has 0 aromatic carbocycles. The van der Waals surface area contributed by atoms with Gasteiger partial charge in [0.15, 0.2) is 0 Å². The molecule has 1 saturated heterocycles. The summed E-state index contributed by atoms with van der Waals surface area (Å²) in [6.07, 6.45) is 7.19. The summed E-state index contributed by atoms with van der Waals surface area (Å²) in [4.78, 5) is 11.9. The van der Waals surface area contributed by atoms with E-state index in [0.29, 0.717) is 18.4 Å². The van der Waals surface area contributed by atoms with Crippen LogP contribution in [0.25, 0.3) is 0 Å². The van der Waals surface area contributed by atoms with Gasteiger partial charge in [0.2, 0.25) is 0 Å². The van der Waals surface area contributed by atoms with Gasteiger partial charge in [-0.05, 0) is 52.9 Å². The number of hydrogen-bond acceptors (Lipinski definition) is 4. The molecule has 1 fully saturated rings. The maximum Gasteiger partial charge on any atom is 0.334 e. The molecule has 0 aromatic heterocycles. The van der Waals surface area contributed by atoms with Crippen LogP contribution < -0.4 is 0 Å². The SMILES string of the molecule is C=C1C(=O)OC2C/C(C)=C\CC/C(C)=C\CCC(C)(O)C(O)CC12. The average molecular weight is 334 g/mol. The highest BCUT2D eigenvalue weighted by atomic mass is 16.6. The Morgan fingerprint density at radius 1 is 1.25 bits per heavy atom. The maximum atomic E-state index is 11.9. The third kappa shape index (κ3) is 4.58. The number of esters is 1. The van der Waals surface area contributed by atoms with Gasteiger partial charge in [-0.25, -0.2) is 4.79 Å². The molecule has 1 aliphatic carbocycles. The summed E-state index contributed by atoms with van der Waals surface area (Å²) in [5.74, 6) is -0.631. The molecule has 4 unspecified atom stereocenters. The Hall–Kier alpha value is -1.39. The van der Waals surface area contributed by atoms with Crippen molar-refractivity contribution >= 4 is 5.97 Å². The van der Waals surface area contributed by atoms with E-state index in [4.69, 9.17) is 4.74 Å². The van der Waals surface area contributed by atoms with E-state index in [1.54, 1.807) is 6.92 Å². The Balaban J connectivity index is 2.24. The number of hydrogen-bond donors (Lipinski definition) is 2. The van der Waals surface area contributed by atoms with Crippen molar-refractivity contribution in [3.8, 4) is 0 Å². The van der Waals surface area contributed by atoms with E-state index in [2.05, 4.69) is 25.7 Å². The van der Waals surface area contributed by atoms with Crippen LogP contribution in [0.2, 0.25) is 0 Å². The predicted molar refractivity (Wildman–Crippen MR) is 94.4 cm³/mol. The topological polar surface area (TPSA) is 66.8 Å². The molecule has 0 saturated carbocycles. The van der Waals surface area contributed by atoms with Crippen molar-refractivity contribution in [2.24, 2.45) is 5.92 Å². The lowest BCUT2D eigenvalue weighted by Gasteiger charge is -2.31. The van der Waals surface area contributed by atoms with Crippen LogP contribution in [0.15, 0.2) is 35.5 Å². The second-order valence-corrected chi connectivity index (χ2v) is 7.57. The Kier molecular flexibility index (Phi) is 6.05. The minimum Gasteiger partial charge on any atom is -0.458 e. The van der Waals surface area contributed by atoms with Crippen molar-refractivity contribution in [1.29, 1.82) is 0 Å². The van der Waals surface area contributed by atoms with Gasteiger partial charge in [-0.1, -0.05) is 29.9 Å². The fourth-order valence-corrected chi connectivity index (χ4v) is 3.47. The summed E-state index contributed by atoms with van der Waals surface area (Å²) in [5.41, 5.74) is 1.69. The van der Waals surface area contributed by atoms with E-state index >= 15 is 0 Å². The Labute approximate surface area is 144 Å². The van der Waals surface area contributed by atoms with E-state index in [-0.39, 0.29) is 24.4 Å². The summed E-state index contributed by atoms with van der Waals surface area (Å²) in [7, 11) is 0. The van der Waals surface area contributed by atoms with Crippen LogP contribution in [0.5, 0.6) is 0 Å². The van der Waals surface area contributed by atoms with Crippen molar-refractivity contribution in [1.82, 2.24) is 0 Å². The van der Waals surface area contributed by atoms with Crippen LogP contribution in [0.3, 0.4) is 0 Å². The molecule has 0 bridgehead atoms. The number of carbonyl (C=O) groups excluding carboxylic acids is 1. The summed E-state index contributed by atoms with van der Waals surface area (Å²) in [6.45, 7) is 9.64. The molecule has 0 aromatic rings. The highest BCUT2D eigenvalue weighted by Gasteiger charge is 2.42. The van der Waals surface area contributed by atoms with Crippen molar-refractivity contribution < 1.29 is 19.7 Å². The van der Waals surface area contributed by atoms with Crippen molar-refractivity contribution in [2.75, 3.05) is 0 Å². The molecule has 1 aliphatic heterocycles. The monoisotopic (exact) mass is 334 g/mol. The summed E-state index contributed by atoms with van der Waals surface area (Å²) in [5, 5.41) is 21.2. The van der Waals surface area contributed by atoms with Gasteiger partial charge < -0.3 is 14.9 Å². The highest BCUT2D eigenvalue weighted by Crippen LogP contribution is 2.36. The van der Waals surface area contributed by atoms with E-state index < -0.39 is 11.7 Å². The molecule has 2 aliphatic rings. The van der Waals surface area contributed by atoms with Crippen molar-refractivity contribution in [3.63, 3.8) is 0 Å². The van der Waals surface area contributed by atoms with Crippen LogP contribution in [0.1, 0.15) is 59.3 Å².